The smallest absolute Gasteiger partial charge is 0.410 e. The van der Waals surface area contributed by atoms with Gasteiger partial charge in [0.25, 0.3) is 0 Å². The Labute approximate surface area is 139 Å². The highest BCUT2D eigenvalue weighted by Crippen LogP contribution is 2.26. The van der Waals surface area contributed by atoms with Gasteiger partial charge in [-0.2, -0.15) is 0 Å². The first kappa shape index (κ1) is 14.9. The van der Waals surface area contributed by atoms with Gasteiger partial charge in [0.15, 0.2) is 5.65 Å². The minimum Gasteiger partial charge on any atom is -0.448 e. The molecule has 2 aromatic heterocycles. The monoisotopic (exact) mass is 329 g/mol. The number of piperidine rings is 1. The molecule has 126 valence electrons. The topological polar surface area (TPSA) is 80.0 Å². The second-order valence-corrected chi connectivity index (χ2v) is 6.20. The van der Waals surface area contributed by atoms with Gasteiger partial charge in [0.2, 0.25) is 5.91 Å². The Balaban J connectivity index is 1.47. The molecule has 0 bridgehead atoms. The van der Waals surface area contributed by atoms with Crippen molar-refractivity contribution in [3.8, 4) is 0 Å². The van der Waals surface area contributed by atoms with Gasteiger partial charge in [-0.1, -0.05) is 6.07 Å². The zero-order chi connectivity index (χ0) is 16.5. The van der Waals surface area contributed by atoms with Gasteiger partial charge in [-0.25, -0.2) is 4.79 Å². The summed E-state index contributed by atoms with van der Waals surface area (Å²) in [6, 6.07) is 5.80. The standard InChI is InChI=1S/C16H19N5O3/c22-14(11-20-8-9-24-16(20)23)19-6-3-4-12(10-19)15-18-17-13-5-1-2-7-21(13)15/h1-2,5,7,12H,3-4,6,8-11H2/t12-/m0/s1. The van der Waals surface area contributed by atoms with Crippen molar-refractivity contribution < 1.29 is 14.3 Å². The van der Waals surface area contributed by atoms with Crippen LogP contribution in [0.25, 0.3) is 5.65 Å². The average molecular weight is 329 g/mol. The lowest BCUT2D eigenvalue weighted by atomic mass is 9.97. The number of fused-ring (bicyclic) bond motifs is 1. The molecule has 2 aliphatic heterocycles. The number of rotatable bonds is 3. The number of aromatic nitrogens is 3. The van der Waals surface area contributed by atoms with E-state index < -0.39 is 6.09 Å². The number of carbonyl (C=O) groups is 2. The lowest BCUT2D eigenvalue weighted by Gasteiger charge is -2.32. The summed E-state index contributed by atoms with van der Waals surface area (Å²) >= 11 is 0. The van der Waals surface area contributed by atoms with Crippen molar-refractivity contribution in [1.29, 1.82) is 0 Å². The van der Waals surface area contributed by atoms with E-state index in [-0.39, 0.29) is 18.4 Å². The van der Waals surface area contributed by atoms with Gasteiger partial charge in [-0.15, -0.1) is 10.2 Å². The molecule has 8 heteroatoms. The molecular formula is C16H19N5O3. The highest BCUT2D eigenvalue weighted by atomic mass is 16.6. The van der Waals surface area contributed by atoms with E-state index in [1.165, 1.54) is 4.90 Å². The molecule has 4 rings (SSSR count). The molecule has 0 radical (unpaired) electrons. The van der Waals surface area contributed by atoms with Gasteiger partial charge < -0.3 is 9.64 Å². The number of cyclic esters (lactones) is 1. The number of carbonyl (C=O) groups excluding carboxylic acids is 2. The number of hydrogen-bond donors (Lipinski definition) is 0. The van der Waals surface area contributed by atoms with Crippen molar-refractivity contribution in [3.05, 3.63) is 30.2 Å². The molecule has 8 nitrogen and oxygen atoms in total. The summed E-state index contributed by atoms with van der Waals surface area (Å²) in [4.78, 5) is 27.3. The second kappa shape index (κ2) is 6.10. The van der Waals surface area contributed by atoms with Crippen LogP contribution in [0, 0.1) is 0 Å². The highest BCUT2D eigenvalue weighted by molar-refractivity contribution is 5.83. The first-order valence-electron chi connectivity index (χ1n) is 8.21. The van der Waals surface area contributed by atoms with Crippen molar-refractivity contribution in [2.75, 3.05) is 32.8 Å². The van der Waals surface area contributed by atoms with Crippen LogP contribution in [0.5, 0.6) is 0 Å². The fourth-order valence-corrected chi connectivity index (χ4v) is 3.39. The van der Waals surface area contributed by atoms with E-state index >= 15 is 0 Å². The van der Waals surface area contributed by atoms with E-state index in [1.54, 1.807) is 0 Å². The maximum absolute atomic E-state index is 12.5. The number of likely N-dealkylation sites (tertiary alicyclic amines) is 1. The number of nitrogens with zero attached hydrogens (tertiary/aromatic N) is 5. The van der Waals surface area contributed by atoms with Crippen molar-refractivity contribution in [2.24, 2.45) is 0 Å². The Hall–Kier alpha value is -2.64. The molecule has 0 spiro atoms. The van der Waals surface area contributed by atoms with E-state index in [2.05, 4.69) is 10.2 Å². The van der Waals surface area contributed by atoms with Crippen LogP contribution in [0.3, 0.4) is 0 Å². The molecule has 0 N–H and O–H groups in total. The van der Waals surface area contributed by atoms with Crippen LogP contribution in [0.1, 0.15) is 24.6 Å². The minimum absolute atomic E-state index is 0.0348. The Kier molecular flexibility index (Phi) is 3.79. The lowest BCUT2D eigenvalue weighted by molar-refractivity contribution is -0.133. The molecule has 2 saturated heterocycles. The maximum Gasteiger partial charge on any atom is 0.410 e. The number of ether oxygens (including phenoxy) is 1. The summed E-state index contributed by atoms with van der Waals surface area (Å²) in [7, 11) is 0. The summed E-state index contributed by atoms with van der Waals surface area (Å²) < 4.78 is 6.86. The molecule has 24 heavy (non-hydrogen) atoms. The van der Waals surface area contributed by atoms with Gasteiger partial charge in [-0.3, -0.25) is 14.1 Å². The zero-order valence-corrected chi connectivity index (χ0v) is 13.3. The van der Waals surface area contributed by atoms with Gasteiger partial charge in [0.05, 0.1) is 6.54 Å². The summed E-state index contributed by atoms with van der Waals surface area (Å²) in [6.45, 7) is 2.26. The minimum atomic E-state index is -0.402. The molecule has 2 aromatic rings. The van der Waals surface area contributed by atoms with E-state index in [9.17, 15) is 9.59 Å². The van der Waals surface area contributed by atoms with Crippen molar-refractivity contribution in [3.63, 3.8) is 0 Å². The Morgan fingerprint density at radius 3 is 3.04 bits per heavy atom. The predicted molar refractivity (Wildman–Crippen MR) is 84.5 cm³/mol. The molecule has 2 amide bonds. The number of amides is 2. The molecule has 0 aromatic carbocycles. The fraction of sp³-hybridized carbons (Fsp3) is 0.500. The van der Waals surface area contributed by atoms with Crippen LogP contribution in [-0.4, -0.2) is 69.2 Å². The molecule has 4 heterocycles. The molecule has 2 aliphatic rings. The lowest BCUT2D eigenvalue weighted by Crippen LogP contribution is -2.45. The first-order chi connectivity index (χ1) is 11.7. The first-order valence-corrected chi connectivity index (χ1v) is 8.21. The number of hydrogen-bond acceptors (Lipinski definition) is 5. The van der Waals surface area contributed by atoms with Crippen LogP contribution in [0.15, 0.2) is 24.4 Å². The summed E-state index contributed by atoms with van der Waals surface area (Å²) in [5.74, 6) is 1.02. The van der Waals surface area contributed by atoms with Crippen molar-refractivity contribution in [2.45, 2.75) is 18.8 Å². The van der Waals surface area contributed by atoms with Crippen molar-refractivity contribution >= 4 is 17.6 Å². The highest BCUT2D eigenvalue weighted by Gasteiger charge is 2.31. The normalized spacial score (nSPS) is 21.3. The summed E-state index contributed by atoms with van der Waals surface area (Å²) in [5.41, 5.74) is 0.816. The third-order valence-corrected chi connectivity index (χ3v) is 4.65. The Bertz CT molecular complexity index is 774. The molecule has 2 fully saturated rings. The molecular weight excluding hydrogens is 310 g/mol. The molecule has 0 saturated carbocycles. The van der Waals surface area contributed by atoms with Gasteiger partial charge in [0, 0.05) is 25.2 Å². The third kappa shape index (κ3) is 2.68. The average Bonchev–Trinajstić information content (AvgIpc) is 3.21. The SMILES string of the molecule is O=C(CN1CCOC1=O)N1CCC[C@H](c2nnc3ccccn23)C1. The van der Waals surface area contributed by atoms with E-state index in [4.69, 9.17) is 4.74 Å². The van der Waals surface area contributed by atoms with Crippen LogP contribution in [0.4, 0.5) is 4.79 Å². The predicted octanol–water partition coefficient (Wildman–Crippen LogP) is 0.887. The van der Waals surface area contributed by atoms with Gasteiger partial charge in [0.1, 0.15) is 19.0 Å². The van der Waals surface area contributed by atoms with Gasteiger partial charge >= 0.3 is 6.09 Å². The quantitative estimate of drug-likeness (QED) is 0.835. The fourth-order valence-electron chi connectivity index (χ4n) is 3.39. The molecule has 1 atom stereocenters. The van der Waals surface area contributed by atoms with E-state index in [0.29, 0.717) is 19.7 Å². The summed E-state index contributed by atoms with van der Waals surface area (Å²) in [5, 5.41) is 8.52. The van der Waals surface area contributed by atoms with Crippen LogP contribution >= 0.6 is 0 Å². The Morgan fingerprint density at radius 2 is 2.21 bits per heavy atom. The summed E-state index contributed by atoms with van der Waals surface area (Å²) in [6.07, 6.45) is 3.44. The van der Waals surface area contributed by atoms with E-state index in [0.717, 1.165) is 30.9 Å². The number of pyridine rings is 1. The molecule has 0 unspecified atom stereocenters. The maximum atomic E-state index is 12.5. The van der Waals surface area contributed by atoms with Crippen LogP contribution in [-0.2, 0) is 9.53 Å². The third-order valence-electron chi connectivity index (χ3n) is 4.65. The second-order valence-electron chi connectivity index (χ2n) is 6.20. The van der Waals surface area contributed by atoms with Crippen LogP contribution in [0.2, 0.25) is 0 Å². The van der Waals surface area contributed by atoms with Crippen LogP contribution < -0.4 is 0 Å². The van der Waals surface area contributed by atoms with Crippen molar-refractivity contribution in [1.82, 2.24) is 24.4 Å². The molecule has 0 aliphatic carbocycles. The Morgan fingerprint density at radius 1 is 1.29 bits per heavy atom. The largest absolute Gasteiger partial charge is 0.448 e. The van der Waals surface area contributed by atoms with Gasteiger partial charge in [-0.05, 0) is 25.0 Å². The van der Waals surface area contributed by atoms with E-state index in [1.807, 2.05) is 33.7 Å². The zero-order valence-electron chi connectivity index (χ0n) is 13.3.